The molecule has 2 N–H and O–H groups in total. The molecule has 2 aromatic rings. The quantitative estimate of drug-likeness (QED) is 0.540. The molecule has 1 atom stereocenters. The van der Waals surface area contributed by atoms with E-state index < -0.39 is 65.3 Å². The van der Waals surface area contributed by atoms with Crippen LogP contribution in [0.3, 0.4) is 0 Å². The summed E-state index contributed by atoms with van der Waals surface area (Å²) in [6, 6.07) is 2.36. The Morgan fingerprint density at radius 3 is 2.42 bits per heavy atom. The van der Waals surface area contributed by atoms with Crippen LogP contribution in [-0.2, 0) is 15.8 Å². The Bertz CT molecular complexity index is 1220. The highest BCUT2D eigenvalue weighted by atomic mass is 35.5. The number of carbonyl (C=O) groups excluding carboxylic acids is 2. The molecule has 0 saturated heterocycles. The van der Waals surface area contributed by atoms with Gasteiger partial charge in [0.1, 0.15) is 23.8 Å². The summed E-state index contributed by atoms with van der Waals surface area (Å²) in [4.78, 5) is 28.7. The van der Waals surface area contributed by atoms with Gasteiger partial charge in [-0.1, -0.05) is 16.8 Å². The molecular formula is C20H15ClF7N5O3. The summed E-state index contributed by atoms with van der Waals surface area (Å²) in [5, 5.41) is 14.2. The predicted molar refractivity (Wildman–Crippen MR) is 110 cm³/mol. The van der Waals surface area contributed by atoms with E-state index in [-0.39, 0.29) is 29.1 Å². The molecule has 2 amide bonds. The number of rotatable bonds is 6. The van der Waals surface area contributed by atoms with E-state index in [0.717, 1.165) is 0 Å². The molecule has 1 aliphatic rings. The average molecular weight is 542 g/mol. The van der Waals surface area contributed by atoms with Crippen LogP contribution in [0.25, 0.3) is 0 Å². The molecule has 194 valence electrons. The molecule has 1 aromatic carbocycles. The Hall–Kier alpha value is -3.49. The van der Waals surface area contributed by atoms with E-state index in [1.54, 1.807) is 5.32 Å². The molecule has 1 unspecified atom stereocenters. The third-order valence-electron chi connectivity index (χ3n) is 4.79. The first-order valence-electron chi connectivity index (χ1n) is 9.91. The average Bonchev–Trinajstić information content (AvgIpc) is 3.26. The SMILES string of the molecule is Cc1cc(C2=NOC(c3cc(C(F)(F)F)cc(Cl)c3F)C2)nnc1C(=O)NCC(=O)NCC(F)(F)F. The van der Waals surface area contributed by atoms with Crippen molar-refractivity contribution in [3.63, 3.8) is 0 Å². The van der Waals surface area contributed by atoms with Crippen LogP contribution in [0, 0.1) is 12.7 Å². The molecular weight excluding hydrogens is 527 g/mol. The fraction of sp³-hybridized carbons (Fsp3) is 0.350. The van der Waals surface area contributed by atoms with Crippen LogP contribution in [-0.4, -0.2) is 47.0 Å². The highest BCUT2D eigenvalue weighted by Gasteiger charge is 2.35. The summed E-state index contributed by atoms with van der Waals surface area (Å²) in [7, 11) is 0. The highest BCUT2D eigenvalue weighted by Crippen LogP contribution is 2.38. The first kappa shape index (κ1) is 27.1. The van der Waals surface area contributed by atoms with Gasteiger partial charge in [-0.05, 0) is 30.7 Å². The number of nitrogens with zero attached hydrogens (tertiary/aromatic N) is 3. The first-order valence-corrected chi connectivity index (χ1v) is 10.3. The lowest BCUT2D eigenvalue weighted by Gasteiger charge is -2.14. The summed E-state index contributed by atoms with van der Waals surface area (Å²) in [6.07, 6.45) is -10.8. The maximum atomic E-state index is 14.4. The Labute approximate surface area is 202 Å². The van der Waals surface area contributed by atoms with Gasteiger partial charge in [-0.2, -0.15) is 26.3 Å². The fourth-order valence-electron chi connectivity index (χ4n) is 3.06. The molecule has 0 bridgehead atoms. The van der Waals surface area contributed by atoms with Crippen molar-refractivity contribution < 1.29 is 45.2 Å². The van der Waals surface area contributed by atoms with Crippen molar-refractivity contribution in [3.8, 4) is 0 Å². The summed E-state index contributed by atoms with van der Waals surface area (Å²) in [5.74, 6) is -3.06. The molecule has 0 radical (unpaired) electrons. The number of oxime groups is 1. The second kappa shape index (κ2) is 10.2. The van der Waals surface area contributed by atoms with Crippen molar-refractivity contribution in [2.45, 2.75) is 31.8 Å². The normalized spacial score (nSPS) is 15.8. The first-order chi connectivity index (χ1) is 16.7. The van der Waals surface area contributed by atoms with E-state index >= 15 is 0 Å². The fourth-order valence-corrected chi connectivity index (χ4v) is 3.29. The molecule has 3 rings (SSSR count). The Balaban J connectivity index is 1.67. The smallest absolute Gasteiger partial charge is 0.387 e. The van der Waals surface area contributed by atoms with E-state index in [2.05, 4.69) is 20.7 Å². The summed E-state index contributed by atoms with van der Waals surface area (Å²) in [6.45, 7) is -0.862. The number of halogens is 8. The number of amides is 2. The third kappa shape index (κ3) is 6.59. The van der Waals surface area contributed by atoms with Crippen molar-refractivity contribution in [1.29, 1.82) is 0 Å². The number of benzene rings is 1. The zero-order chi connectivity index (χ0) is 26.8. The van der Waals surface area contributed by atoms with Gasteiger partial charge in [0, 0.05) is 12.0 Å². The van der Waals surface area contributed by atoms with Crippen molar-refractivity contribution in [2.24, 2.45) is 5.16 Å². The largest absolute Gasteiger partial charge is 0.416 e. The topological polar surface area (TPSA) is 106 Å². The molecule has 0 spiro atoms. The van der Waals surface area contributed by atoms with Crippen LogP contribution in [0.5, 0.6) is 0 Å². The van der Waals surface area contributed by atoms with Gasteiger partial charge in [-0.3, -0.25) is 9.59 Å². The molecule has 0 fully saturated rings. The van der Waals surface area contributed by atoms with Crippen LogP contribution >= 0.6 is 11.6 Å². The van der Waals surface area contributed by atoms with Crippen LogP contribution in [0.1, 0.15) is 45.4 Å². The molecule has 1 aromatic heterocycles. The van der Waals surface area contributed by atoms with Crippen molar-refractivity contribution in [2.75, 3.05) is 13.1 Å². The molecule has 2 heterocycles. The molecule has 36 heavy (non-hydrogen) atoms. The maximum absolute atomic E-state index is 14.4. The maximum Gasteiger partial charge on any atom is 0.416 e. The van der Waals surface area contributed by atoms with Gasteiger partial charge >= 0.3 is 12.4 Å². The van der Waals surface area contributed by atoms with E-state index in [1.165, 1.54) is 13.0 Å². The van der Waals surface area contributed by atoms with E-state index in [9.17, 15) is 40.3 Å². The minimum absolute atomic E-state index is 0.0768. The van der Waals surface area contributed by atoms with Crippen LogP contribution in [0.2, 0.25) is 5.02 Å². The zero-order valence-corrected chi connectivity index (χ0v) is 18.8. The van der Waals surface area contributed by atoms with Gasteiger partial charge in [0.25, 0.3) is 5.91 Å². The monoisotopic (exact) mass is 541 g/mol. The highest BCUT2D eigenvalue weighted by molar-refractivity contribution is 6.30. The molecule has 16 heteroatoms. The molecule has 1 aliphatic heterocycles. The van der Waals surface area contributed by atoms with E-state index in [0.29, 0.717) is 12.1 Å². The van der Waals surface area contributed by atoms with Crippen LogP contribution in [0.15, 0.2) is 23.4 Å². The number of nitrogens with one attached hydrogen (secondary N) is 2. The number of hydrogen-bond acceptors (Lipinski definition) is 6. The Morgan fingerprint density at radius 2 is 1.81 bits per heavy atom. The van der Waals surface area contributed by atoms with Gasteiger partial charge in [0.15, 0.2) is 11.8 Å². The molecule has 8 nitrogen and oxygen atoms in total. The minimum atomic E-state index is -4.77. The van der Waals surface area contributed by atoms with Crippen molar-refractivity contribution in [3.05, 3.63) is 57.1 Å². The van der Waals surface area contributed by atoms with Crippen molar-refractivity contribution >= 4 is 29.1 Å². The minimum Gasteiger partial charge on any atom is -0.387 e. The van der Waals surface area contributed by atoms with Gasteiger partial charge < -0.3 is 15.5 Å². The number of alkyl halides is 6. The lowest BCUT2D eigenvalue weighted by molar-refractivity contribution is -0.137. The van der Waals surface area contributed by atoms with Gasteiger partial charge in [0.05, 0.1) is 17.1 Å². The second-order valence-electron chi connectivity index (χ2n) is 7.53. The standard InChI is InChI=1S/C20H15ClF7N5O3/c1-8-2-12(31-32-17(8)18(35)29-6-15(34)30-7-19(23,24)25)13-5-14(36-33-13)10-3-9(20(26,27)28)4-11(21)16(10)22/h2-4,14H,5-7H2,1H3,(H,29,35)(H,30,34). The molecule has 0 aliphatic carbocycles. The summed E-state index contributed by atoms with van der Waals surface area (Å²) in [5.41, 5.74) is -1.46. The zero-order valence-electron chi connectivity index (χ0n) is 18.0. The second-order valence-corrected chi connectivity index (χ2v) is 7.94. The van der Waals surface area contributed by atoms with Crippen LogP contribution in [0.4, 0.5) is 30.7 Å². The number of carbonyl (C=O) groups is 2. The third-order valence-corrected chi connectivity index (χ3v) is 5.07. The Kier molecular flexibility index (Phi) is 7.71. The Morgan fingerprint density at radius 1 is 1.11 bits per heavy atom. The van der Waals surface area contributed by atoms with Gasteiger partial charge in [0.2, 0.25) is 5.91 Å². The van der Waals surface area contributed by atoms with Crippen LogP contribution < -0.4 is 10.6 Å². The number of hydrogen-bond donors (Lipinski definition) is 2. The summed E-state index contributed by atoms with van der Waals surface area (Å²) < 4.78 is 90.0. The number of aromatic nitrogens is 2. The van der Waals surface area contributed by atoms with E-state index in [4.69, 9.17) is 16.4 Å². The predicted octanol–water partition coefficient (Wildman–Crippen LogP) is 3.87. The van der Waals surface area contributed by atoms with Crippen molar-refractivity contribution in [1.82, 2.24) is 20.8 Å². The lowest BCUT2D eigenvalue weighted by atomic mass is 9.99. The lowest BCUT2D eigenvalue weighted by Crippen LogP contribution is -2.41. The van der Waals surface area contributed by atoms with Gasteiger partial charge in [-0.25, -0.2) is 4.39 Å². The molecule has 0 saturated carbocycles. The van der Waals surface area contributed by atoms with Gasteiger partial charge in [-0.15, -0.1) is 10.2 Å². The number of aryl methyl sites for hydroxylation is 1. The summed E-state index contributed by atoms with van der Waals surface area (Å²) >= 11 is 5.60. The van der Waals surface area contributed by atoms with E-state index in [1.807, 2.05) is 0 Å².